The number of rotatable bonds is 6. The molecule has 2 heterocycles. The number of ether oxygens (including phenoxy) is 1. The van der Waals surface area contributed by atoms with Gasteiger partial charge in [-0.15, -0.1) is 0 Å². The maximum Gasteiger partial charge on any atom is 0.191 e. The van der Waals surface area contributed by atoms with Gasteiger partial charge in [-0.2, -0.15) is 10.2 Å². The van der Waals surface area contributed by atoms with Crippen LogP contribution in [0.4, 0.5) is 11.5 Å². The van der Waals surface area contributed by atoms with Crippen molar-refractivity contribution in [3.63, 3.8) is 0 Å². The van der Waals surface area contributed by atoms with Gasteiger partial charge in [0.1, 0.15) is 11.6 Å². The molecule has 7 nitrogen and oxygen atoms in total. The van der Waals surface area contributed by atoms with Crippen LogP contribution >= 0.6 is 12.2 Å². The molecule has 8 heteroatoms. The minimum atomic E-state index is 0.386. The highest BCUT2D eigenvalue weighted by Crippen LogP contribution is 2.29. The Labute approximate surface area is 187 Å². The highest BCUT2D eigenvalue weighted by molar-refractivity contribution is 7.80. The second-order valence-electron chi connectivity index (χ2n) is 7.29. The number of hydrogen-bond donors (Lipinski definition) is 2. The summed E-state index contributed by atoms with van der Waals surface area (Å²) in [6.07, 6.45) is 4.16. The summed E-state index contributed by atoms with van der Waals surface area (Å²) in [6.45, 7) is 4.03. The fraction of sp³-hybridized carbons (Fsp3) is 0.261. The second kappa shape index (κ2) is 9.61. The van der Waals surface area contributed by atoms with Crippen molar-refractivity contribution in [1.82, 2.24) is 15.2 Å². The summed E-state index contributed by atoms with van der Waals surface area (Å²) in [7, 11) is 1.63. The number of nitrogens with zero attached hydrogens (tertiary/aromatic N) is 4. The largest absolute Gasteiger partial charge is 0.495 e. The van der Waals surface area contributed by atoms with Crippen molar-refractivity contribution in [2.45, 2.75) is 19.8 Å². The summed E-state index contributed by atoms with van der Waals surface area (Å²) in [5.74, 6) is 1.78. The number of anilines is 2. The van der Waals surface area contributed by atoms with Gasteiger partial charge in [-0.25, -0.2) is 4.68 Å². The lowest BCUT2D eigenvalue weighted by molar-refractivity contribution is 0.417. The third kappa shape index (κ3) is 4.69. The number of hydrogen-bond acceptors (Lipinski definition) is 5. The molecule has 0 saturated carbocycles. The topological polar surface area (TPSA) is 66.7 Å². The Hall–Kier alpha value is -3.39. The molecule has 0 amide bonds. The summed E-state index contributed by atoms with van der Waals surface area (Å²) in [5, 5.41) is 12.7. The molecule has 0 unspecified atom stereocenters. The third-order valence-electron chi connectivity index (χ3n) is 5.20. The molecule has 0 atom stereocenters. The molecule has 1 saturated heterocycles. The van der Waals surface area contributed by atoms with E-state index in [4.69, 9.17) is 22.1 Å². The van der Waals surface area contributed by atoms with Gasteiger partial charge in [0.25, 0.3) is 0 Å². The number of hydrazone groups is 1. The lowest BCUT2D eigenvalue weighted by atomic mass is 10.2. The van der Waals surface area contributed by atoms with Crippen molar-refractivity contribution in [2.24, 2.45) is 5.10 Å². The molecule has 0 bridgehead atoms. The molecule has 0 radical (unpaired) electrons. The van der Waals surface area contributed by atoms with Crippen LogP contribution in [0.2, 0.25) is 0 Å². The number of aryl methyl sites for hydroxylation is 1. The summed E-state index contributed by atoms with van der Waals surface area (Å²) in [6, 6.07) is 17.8. The first-order valence-corrected chi connectivity index (χ1v) is 10.7. The number of methoxy groups -OCH3 is 1. The minimum Gasteiger partial charge on any atom is -0.495 e. The Morgan fingerprint density at radius 2 is 1.81 bits per heavy atom. The zero-order valence-corrected chi connectivity index (χ0v) is 18.5. The van der Waals surface area contributed by atoms with Gasteiger partial charge in [0.05, 0.1) is 36.0 Å². The quantitative estimate of drug-likeness (QED) is 0.346. The van der Waals surface area contributed by atoms with E-state index >= 15 is 0 Å². The van der Waals surface area contributed by atoms with Crippen LogP contribution in [0.1, 0.15) is 24.1 Å². The first-order valence-electron chi connectivity index (χ1n) is 10.3. The van der Waals surface area contributed by atoms with Crippen LogP contribution in [-0.4, -0.2) is 41.3 Å². The number of thiocarbonyl (C=S) groups is 1. The average molecular weight is 435 g/mol. The Morgan fingerprint density at radius 1 is 1.10 bits per heavy atom. The number of para-hydroxylation sites is 3. The van der Waals surface area contributed by atoms with Gasteiger partial charge >= 0.3 is 0 Å². The van der Waals surface area contributed by atoms with Crippen molar-refractivity contribution in [3.05, 3.63) is 65.9 Å². The molecular weight excluding hydrogens is 408 g/mol. The van der Waals surface area contributed by atoms with Crippen LogP contribution in [0.5, 0.6) is 5.75 Å². The Kier molecular flexibility index (Phi) is 6.47. The number of benzene rings is 2. The van der Waals surface area contributed by atoms with Gasteiger partial charge in [0, 0.05) is 13.1 Å². The van der Waals surface area contributed by atoms with Gasteiger partial charge in [0.2, 0.25) is 0 Å². The van der Waals surface area contributed by atoms with Crippen molar-refractivity contribution in [2.75, 3.05) is 30.4 Å². The molecule has 3 aromatic rings. The van der Waals surface area contributed by atoms with E-state index in [1.807, 2.05) is 54.1 Å². The maximum atomic E-state index is 5.39. The Bertz CT molecular complexity index is 1070. The summed E-state index contributed by atoms with van der Waals surface area (Å²) in [4.78, 5) is 2.37. The fourth-order valence-corrected chi connectivity index (χ4v) is 3.88. The smallest absolute Gasteiger partial charge is 0.191 e. The van der Waals surface area contributed by atoms with Crippen molar-refractivity contribution in [3.8, 4) is 11.4 Å². The van der Waals surface area contributed by atoms with Crippen LogP contribution in [0.25, 0.3) is 5.69 Å². The van der Waals surface area contributed by atoms with Crippen molar-refractivity contribution < 1.29 is 4.74 Å². The molecule has 31 heavy (non-hydrogen) atoms. The maximum absolute atomic E-state index is 5.39. The van der Waals surface area contributed by atoms with E-state index in [1.54, 1.807) is 13.3 Å². The zero-order valence-electron chi connectivity index (χ0n) is 17.7. The van der Waals surface area contributed by atoms with Gasteiger partial charge < -0.3 is 15.0 Å². The molecule has 2 N–H and O–H groups in total. The molecule has 1 fully saturated rings. The predicted octanol–water partition coefficient (Wildman–Crippen LogP) is 4.11. The van der Waals surface area contributed by atoms with E-state index in [0.717, 1.165) is 41.5 Å². The van der Waals surface area contributed by atoms with E-state index in [1.165, 1.54) is 12.8 Å². The Balaban J connectivity index is 1.55. The monoisotopic (exact) mass is 434 g/mol. The van der Waals surface area contributed by atoms with E-state index in [-0.39, 0.29) is 0 Å². The van der Waals surface area contributed by atoms with Crippen LogP contribution < -0.4 is 20.4 Å². The summed E-state index contributed by atoms with van der Waals surface area (Å²) in [5.41, 5.74) is 6.62. The number of nitrogens with one attached hydrogen (secondary N) is 2. The molecule has 4 rings (SSSR count). The molecule has 1 aliphatic rings. The predicted molar refractivity (Wildman–Crippen MR) is 130 cm³/mol. The SMILES string of the molecule is COc1ccccc1NC(=S)N/N=C\c1c(C)nn(-c2ccccc2)c1N1CCCC1. The molecule has 0 aliphatic carbocycles. The summed E-state index contributed by atoms with van der Waals surface area (Å²) >= 11 is 5.39. The van der Waals surface area contributed by atoms with Crippen LogP contribution in [-0.2, 0) is 0 Å². The lowest BCUT2D eigenvalue weighted by Crippen LogP contribution is -2.25. The van der Waals surface area contributed by atoms with E-state index < -0.39 is 0 Å². The average Bonchev–Trinajstić information content (AvgIpc) is 3.43. The van der Waals surface area contributed by atoms with E-state index in [2.05, 4.69) is 32.9 Å². The van der Waals surface area contributed by atoms with E-state index in [0.29, 0.717) is 10.9 Å². The Morgan fingerprint density at radius 3 is 2.55 bits per heavy atom. The number of aromatic nitrogens is 2. The van der Waals surface area contributed by atoms with Crippen molar-refractivity contribution >= 4 is 35.1 Å². The van der Waals surface area contributed by atoms with Gasteiger partial charge in [-0.05, 0) is 56.2 Å². The third-order valence-corrected chi connectivity index (χ3v) is 5.40. The highest BCUT2D eigenvalue weighted by Gasteiger charge is 2.23. The second-order valence-corrected chi connectivity index (χ2v) is 7.70. The molecule has 1 aliphatic heterocycles. The first kappa shape index (κ1) is 20.9. The molecule has 0 spiro atoms. The fourth-order valence-electron chi connectivity index (χ4n) is 3.71. The van der Waals surface area contributed by atoms with E-state index in [9.17, 15) is 0 Å². The van der Waals surface area contributed by atoms with Crippen molar-refractivity contribution in [1.29, 1.82) is 0 Å². The first-order chi connectivity index (χ1) is 15.2. The highest BCUT2D eigenvalue weighted by atomic mass is 32.1. The molecular formula is C23H26N6OS. The zero-order chi connectivity index (χ0) is 21.6. The van der Waals surface area contributed by atoms with Crippen LogP contribution in [0, 0.1) is 6.92 Å². The lowest BCUT2D eigenvalue weighted by Gasteiger charge is -2.20. The molecule has 2 aromatic carbocycles. The summed E-state index contributed by atoms with van der Waals surface area (Å²) < 4.78 is 7.36. The standard InChI is InChI=1S/C23H26N6OS/c1-17-19(16-24-26-23(31)25-20-12-6-7-13-21(20)30-2)22(28-14-8-9-15-28)29(27-17)18-10-4-3-5-11-18/h3-7,10-13,16H,8-9,14-15H2,1-2H3,(H2,25,26,31)/b24-16-. The molecule has 160 valence electrons. The molecule has 1 aromatic heterocycles. The van der Waals surface area contributed by atoms with Gasteiger partial charge in [0.15, 0.2) is 5.11 Å². The van der Waals surface area contributed by atoms with Crippen LogP contribution in [0.15, 0.2) is 59.7 Å². The van der Waals surface area contributed by atoms with Crippen LogP contribution in [0.3, 0.4) is 0 Å². The minimum absolute atomic E-state index is 0.386. The normalized spacial score (nSPS) is 13.5. The van der Waals surface area contributed by atoms with Gasteiger partial charge in [-0.3, -0.25) is 5.43 Å². The van der Waals surface area contributed by atoms with Gasteiger partial charge in [-0.1, -0.05) is 30.3 Å².